The number of esters is 1. The van der Waals surface area contributed by atoms with E-state index in [0.29, 0.717) is 18.0 Å². The molecule has 1 aromatic rings. The van der Waals surface area contributed by atoms with E-state index < -0.39 is 42.5 Å². The van der Waals surface area contributed by atoms with Crippen LogP contribution < -0.4 is 10.6 Å². The summed E-state index contributed by atoms with van der Waals surface area (Å²) >= 11 is 0. The van der Waals surface area contributed by atoms with Crippen molar-refractivity contribution in [2.75, 3.05) is 19.7 Å². The van der Waals surface area contributed by atoms with E-state index in [0.717, 1.165) is 36.1 Å². The van der Waals surface area contributed by atoms with Crippen LogP contribution in [-0.4, -0.2) is 48.4 Å². The van der Waals surface area contributed by atoms with Crippen molar-refractivity contribution in [2.24, 2.45) is 5.92 Å². The van der Waals surface area contributed by atoms with Gasteiger partial charge in [0.15, 0.2) is 6.61 Å². The van der Waals surface area contributed by atoms with Crippen molar-refractivity contribution >= 4 is 23.8 Å². The predicted octanol–water partition coefficient (Wildman–Crippen LogP) is 2.64. The first-order valence-electron chi connectivity index (χ1n) is 10.8. The molecule has 2 rings (SSSR count). The summed E-state index contributed by atoms with van der Waals surface area (Å²) in [5.41, 5.74) is 0.398. The number of amides is 4. The van der Waals surface area contributed by atoms with Crippen molar-refractivity contribution in [3.8, 4) is 0 Å². The van der Waals surface area contributed by atoms with Crippen LogP contribution in [0.15, 0.2) is 24.3 Å². The lowest BCUT2D eigenvalue weighted by Crippen LogP contribution is -2.42. The molecule has 0 spiro atoms. The second kappa shape index (κ2) is 10.9. The zero-order valence-electron chi connectivity index (χ0n) is 18.8. The summed E-state index contributed by atoms with van der Waals surface area (Å²) in [6.07, 6.45) is 4.22. The molecule has 1 aliphatic rings. The standard InChI is InChI=1S/C23H33N3O5/c1-5-7-8-17(6-2)13-24-19(27)15-31-20(28)14-26-21(29)23(4,25-22(26)30)18-11-9-16(3)10-12-18/h9-12,17H,5-8,13-15H2,1-4H3,(H,24,27)(H,25,30)/t17-,23+/m0/s1. The zero-order valence-corrected chi connectivity index (χ0v) is 18.8. The molecule has 4 amide bonds. The maximum Gasteiger partial charge on any atom is 0.326 e. The molecule has 8 nitrogen and oxygen atoms in total. The highest BCUT2D eigenvalue weighted by Gasteiger charge is 2.49. The Labute approximate surface area is 183 Å². The van der Waals surface area contributed by atoms with Crippen LogP contribution in [0.2, 0.25) is 0 Å². The minimum atomic E-state index is -1.25. The Morgan fingerprint density at radius 1 is 1.19 bits per heavy atom. The summed E-state index contributed by atoms with van der Waals surface area (Å²) in [6, 6.07) is 6.56. The number of nitrogens with zero attached hydrogens (tertiary/aromatic N) is 1. The number of ether oxygens (including phenoxy) is 1. The Bertz CT molecular complexity index is 808. The molecule has 1 aliphatic heterocycles. The van der Waals surface area contributed by atoms with Crippen LogP contribution >= 0.6 is 0 Å². The van der Waals surface area contributed by atoms with Crippen LogP contribution in [0.3, 0.4) is 0 Å². The van der Waals surface area contributed by atoms with Gasteiger partial charge < -0.3 is 15.4 Å². The molecule has 1 saturated heterocycles. The van der Waals surface area contributed by atoms with E-state index in [1.165, 1.54) is 0 Å². The molecule has 8 heteroatoms. The van der Waals surface area contributed by atoms with Crippen LogP contribution in [-0.2, 0) is 24.7 Å². The second-order valence-corrected chi connectivity index (χ2v) is 8.19. The third-order valence-corrected chi connectivity index (χ3v) is 5.69. The summed E-state index contributed by atoms with van der Waals surface area (Å²) in [4.78, 5) is 50.1. The number of carbonyl (C=O) groups excluding carboxylic acids is 4. The fourth-order valence-corrected chi connectivity index (χ4v) is 3.50. The number of aryl methyl sites for hydroxylation is 1. The van der Waals surface area contributed by atoms with Gasteiger partial charge in [-0.05, 0) is 31.7 Å². The lowest BCUT2D eigenvalue weighted by Gasteiger charge is -2.22. The Morgan fingerprint density at radius 3 is 2.48 bits per heavy atom. The van der Waals surface area contributed by atoms with Crippen LogP contribution in [0.25, 0.3) is 0 Å². The molecule has 0 unspecified atom stereocenters. The molecule has 0 saturated carbocycles. The Kier molecular flexibility index (Phi) is 8.59. The van der Waals surface area contributed by atoms with E-state index in [4.69, 9.17) is 4.74 Å². The van der Waals surface area contributed by atoms with E-state index in [9.17, 15) is 19.2 Å². The summed E-state index contributed by atoms with van der Waals surface area (Å²) < 4.78 is 4.97. The van der Waals surface area contributed by atoms with Gasteiger partial charge in [0.05, 0.1) is 0 Å². The predicted molar refractivity (Wildman–Crippen MR) is 116 cm³/mol. The van der Waals surface area contributed by atoms with Crippen molar-refractivity contribution < 1.29 is 23.9 Å². The molecule has 0 bridgehead atoms. The lowest BCUT2D eigenvalue weighted by atomic mass is 9.91. The highest BCUT2D eigenvalue weighted by molar-refractivity contribution is 6.08. The Morgan fingerprint density at radius 2 is 1.87 bits per heavy atom. The van der Waals surface area contributed by atoms with Crippen LogP contribution in [0.4, 0.5) is 4.79 Å². The molecule has 1 fully saturated rings. The number of hydrogen-bond acceptors (Lipinski definition) is 5. The van der Waals surface area contributed by atoms with Gasteiger partial charge in [-0.25, -0.2) is 4.79 Å². The Balaban J connectivity index is 1.85. The largest absolute Gasteiger partial charge is 0.454 e. The molecule has 170 valence electrons. The van der Waals surface area contributed by atoms with Crippen molar-refractivity contribution in [2.45, 2.75) is 58.9 Å². The number of hydrogen-bond donors (Lipinski definition) is 2. The van der Waals surface area contributed by atoms with Gasteiger partial charge in [0.1, 0.15) is 12.1 Å². The van der Waals surface area contributed by atoms with Gasteiger partial charge in [-0.2, -0.15) is 0 Å². The van der Waals surface area contributed by atoms with Gasteiger partial charge in [0, 0.05) is 6.54 Å². The Hall–Kier alpha value is -2.90. The number of imide groups is 1. The van der Waals surface area contributed by atoms with Gasteiger partial charge >= 0.3 is 12.0 Å². The van der Waals surface area contributed by atoms with E-state index in [1.807, 2.05) is 19.1 Å². The van der Waals surface area contributed by atoms with E-state index in [-0.39, 0.29) is 0 Å². The number of rotatable bonds is 11. The summed E-state index contributed by atoms with van der Waals surface area (Å²) in [5.74, 6) is -1.36. The number of benzene rings is 1. The minimum Gasteiger partial charge on any atom is -0.454 e. The first kappa shape index (κ1) is 24.4. The van der Waals surface area contributed by atoms with Gasteiger partial charge in [-0.15, -0.1) is 0 Å². The molecular formula is C23H33N3O5. The van der Waals surface area contributed by atoms with Gasteiger partial charge in [-0.3, -0.25) is 19.3 Å². The maximum absolute atomic E-state index is 12.8. The molecular weight excluding hydrogens is 398 g/mol. The molecule has 31 heavy (non-hydrogen) atoms. The van der Waals surface area contributed by atoms with E-state index >= 15 is 0 Å². The third-order valence-electron chi connectivity index (χ3n) is 5.69. The molecule has 0 aliphatic carbocycles. The summed E-state index contributed by atoms with van der Waals surface area (Å²) in [7, 11) is 0. The maximum atomic E-state index is 12.8. The van der Waals surface area contributed by atoms with Crippen molar-refractivity contribution in [3.63, 3.8) is 0 Å². The number of nitrogens with one attached hydrogen (secondary N) is 2. The van der Waals surface area contributed by atoms with Gasteiger partial charge in [0.2, 0.25) is 0 Å². The number of unbranched alkanes of at least 4 members (excludes halogenated alkanes) is 1. The minimum absolute atomic E-state index is 0.393. The third kappa shape index (κ3) is 6.29. The summed E-state index contributed by atoms with van der Waals surface area (Å²) in [6.45, 7) is 7.27. The number of urea groups is 1. The smallest absolute Gasteiger partial charge is 0.326 e. The SMILES string of the molecule is CCCC[C@H](CC)CNC(=O)COC(=O)CN1C(=O)N[C@](C)(c2ccc(C)cc2)C1=O. The normalized spacial score (nSPS) is 19.2. The lowest BCUT2D eigenvalue weighted by molar-refractivity contribution is -0.151. The monoisotopic (exact) mass is 431 g/mol. The average Bonchev–Trinajstić information content (AvgIpc) is 2.96. The molecule has 0 radical (unpaired) electrons. The van der Waals surface area contributed by atoms with Crippen LogP contribution in [0, 0.1) is 12.8 Å². The van der Waals surface area contributed by atoms with Crippen LogP contribution in [0.5, 0.6) is 0 Å². The molecule has 2 N–H and O–H groups in total. The quantitative estimate of drug-likeness (QED) is 0.414. The van der Waals surface area contributed by atoms with Crippen LogP contribution in [0.1, 0.15) is 57.6 Å². The first-order valence-corrected chi connectivity index (χ1v) is 10.8. The molecule has 0 aromatic heterocycles. The van der Waals surface area contributed by atoms with Crippen molar-refractivity contribution in [1.29, 1.82) is 0 Å². The highest BCUT2D eigenvalue weighted by atomic mass is 16.5. The molecule has 2 atom stereocenters. The van der Waals surface area contributed by atoms with Gasteiger partial charge in [0.25, 0.3) is 11.8 Å². The topological polar surface area (TPSA) is 105 Å². The highest BCUT2D eigenvalue weighted by Crippen LogP contribution is 2.28. The number of carbonyl (C=O) groups is 4. The van der Waals surface area contributed by atoms with E-state index in [1.54, 1.807) is 19.1 Å². The van der Waals surface area contributed by atoms with E-state index in [2.05, 4.69) is 24.5 Å². The fourth-order valence-electron chi connectivity index (χ4n) is 3.50. The fraction of sp³-hybridized carbons (Fsp3) is 0.565. The average molecular weight is 432 g/mol. The molecule has 1 heterocycles. The first-order chi connectivity index (χ1) is 14.7. The van der Waals surface area contributed by atoms with Crippen molar-refractivity contribution in [1.82, 2.24) is 15.5 Å². The van der Waals surface area contributed by atoms with Crippen molar-refractivity contribution in [3.05, 3.63) is 35.4 Å². The zero-order chi connectivity index (χ0) is 23.0. The second-order valence-electron chi connectivity index (χ2n) is 8.19. The molecule has 1 aromatic carbocycles. The summed E-state index contributed by atoms with van der Waals surface area (Å²) in [5, 5.41) is 5.41. The van der Waals surface area contributed by atoms with Gasteiger partial charge in [-0.1, -0.05) is 62.9 Å².